The van der Waals surface area contributed by atoms with E-state index in [1.807, 2.05) is 0 Å². The molecule has 3 rings (SSSR count). The minimum absolute atomic E-state index is 0. The van der Waals surface area contributed by atoms with Crippen LogP contribution in [0.3, 0.4) is 0 Å². The molecule has 0 heterocycles. The van der Waals surface area contributed by atoms with E-state index in [0.29, 0.717) is 36.0 Å². The van der Waals surface area contributed by atoms with E-state index >= 15 is 0 Å². The van der Waals surface area contributed by atoms with Crippen molar-refractivity contribution >= 4 is 30.4 Å². The maximum Gasteiger partial charge on any atom is 3.00 e. The van der Waals surface area contributed by atoms with E-state index in [9.17, 15) is 38.9 Å². The molecule has 0 aliphatic carbocycles. The quantitative estimate of drug-likeness (QED) is 0.0406. The Balaban J connectivity index is 0.000000968. The molecule has 0 amide bonds. The number of hydrogen-bond acceptors (Lipinski definition) is 9. The second kappa shape index (κ2) is 40.9. The third-order valence-electron chi connectivity index (χ3n) is 12.1. The van der Waals surface area contributed by atoms with Gasteiger partial charge in [-0.25, -0.2) is 25.3 Å². The summed E-state index contributed by atoms with van der Waals surface area (Å²) in [6, 6.07) is 19.7. The molecular formula is C54H87O9S3Sc. The predicted octanol–water partition coefficient (Wildman–Crippen LogP) is 15.2. The zero-order valence-corrected chi connectivity index (χ0v) is 46.0. The molecule has 0 saturated carbocycles. The van der Waals surface area contributed by atoms with Gasteiger partial charge in [-0.2, -0.15) is 0 Å². The van der Waals surface area contributed by atoms with E-state index in [2.05, 4.69) is 20.8 Å². The topological polar surface area (TPSA) is 172 Å². The van der Waals surface area contributed by atoms with Crippen LogP contribution < -0.4 is 0 Å². The number of unbranched alkanes of at least 4 members (excludes halogenated alkanes) is 27. The maximum atomic E-state index is 11.2. The first-order valence-corrected chi connectivity index (χ1v) is 30.0. The third kappa shape index (κ3) is 34.3. The van der Waals surface area contributed by atoms with Crippen molar-refractivity contribution in [1.29, 1.82) is 0 Å². The van der Waals surface area contributed by atoms with Gasteiger partial charge in [0, 0.05) is 0 Å². The van der Waals surface area contributed by atoms with E-state index in [1.54, 1.807) is 54.6 Å². The molecule has 67 heavy (non-hydrogen) atoms. The molecule has 0 spiro atoms. The Kier molecular flexibility index (Phi) is 39.9. The minimum Gasteiger partial charge on any atom is -0.744 e. The SMILES string of the molecule is CCCCCCCCCCCCc1ccccc1S(=O)(=O)[O-].CCCCCCCCCCCCc1ccccc1S(=O)(=O)[O-].CCCCCCCCCCCCc1ccccc1S(=O)(=O)[O-].[Sc+3]. The van der Waals surface area contributed by atoms with Gasteiger partial charge in [0.2, 0.25) is 0 Å². The van der Waals surface area contributed by atoms with Crippen LogP contribution >= 0.6 is 0 Å². The van der Waals surface area contributed by atoms with Crippen LogP contribution in [0.2, 0.25) is 0 Å². The third-order valence-corrected chi connectivity index (χ3v) is 14.9. The number of benzene rings is 3. The Morgan fingerprint density at radius 1 is 0.284 bits per heavy atom. The summed E-state index contributed by atoms with van der Waals surface area (Å²) in [6.45, 7) is 6.70. The van der Waals surface area contributed by atoms with Gasteiger partial charge >= 0.3 is 25.8 Å². The molecule has 3 aromatic rings. The Morgan fingerprint density at radius 2 is 0.448 bits per heavy atom. The molecule has 378 valence electrons. The summed E-state index contributed by atoms with van der Waals surface area (Å²) in [5.41, 5.74) is 1.99. The van der Waals surface area contributed by atoms with Gasteiger partial charge in [0.25, 0.3) is 0 Å². The number of hydrogen-bond donors (Lipinski definition) is 0. The zero-order chi connectivity index (χ0) is 48.8. The van der Waals surface area contributed by atoms with Crippen LogP contribution in [0.1, 0.15) is 230 Å². The zero-order valence-electron chi connectivity index (χ0n) is 41.7. The van der Waals surface area contributed by atoms with Crippen LogP contribution in [-0.2, 0) is 75.5 Å². The summed E-state index contributed by atoms with van der Waals surface area (Å²) in [4.78, 5) is -0.150. The predicted molar refractivity (Wildman–Crippen MR) is 270 cm³/mol. The van der Waals surface area contributed by atoms with Gasteiger partial charge < -0.3 is 13.7 Å². The van der Waals surface area contributed by atoms with Gasteiger partial charge in [-0.3, -0.25) is 0 Å². The van der Waals surface area contributed by atoms with E-state index in [1.165, 1.54) is 172 Å². The minimum atomic E-state index is -4.35. The van der Waals surface area contributed by atoms with E-state index < -0.39 is 30.4 Å². The Labute approximate surface area is 428 Å². The molecule has 0 aliphatic rings. The number of aryl methyl sites for hydroxylation is 3. The molecule has 0 aromatic heterocycles. The van der Waals surface area contributed by atoms with E-state index in [4.69, 9.17) is 0 Å². The summed E-state index contributed by atoms with van der Waals surface area (Å²) in [7, 11) is -13.0. The first kappa shape index (κ1) is 65.3. The standard InChI is InChI=1S/3C18H30O3S.Sc/c3*1-2-3-4-5-6-7-8-9-10-11-14-17-15-12-13-16-18(17)22(19,20)21;/h3*12-13,15-16H,2-11,14H2,1H3,(H,19,20,21);/q;;;+3/p-3. The molecule has 0 unspecified atom stereocenters. The first-order valence-electron chi connectivity index (χ1n) is 25.8. The van der Waals surface area contributed by atoms with Crippen LogP contribution in [-0.4, -0.2) is 38.9 Å². The molecule has 0 fully saturated rings. The van der Waals surface area contributed by atoms with Crippen molar-refractivity contribution in [2.75, 3.05) is 0 Å². The van der Waals surface area contributed by atoms with Crippen LogP contribution in [0.15, 0.2) is 87.5 Å². The number of rotatable bonds is 36. The maximum absolute atomic E-state index is 11.2. The van der Waals surface area contributed by atoms with Crippen molar-refractivity contribution in [3.8, 4) is 0 Å². The van der Waals surface area contributed by atoms with Gasteiger partial charge in [0.15, 0.2) is 0 Å². The van der Waals surface area contributed by atoms with Crippen LogP contribution in [0.25, 0.3) is 0 Å². The summed E-state index contributed by atoms with van der Waals surface area (Å²) in [5.74, 6) is 0. The van der Waals surface area contributed by atoms with Gasteiger partial charge in [0.1, 0.15) is 30.4 Å². The van der Waals surface area contributed by atoms with Crippen molar-refractivity contribution in [3.63, 3.8) is 0 Å². The van der Waals surface area contributed by atoms with Crippen LogP contribution in [0.4, 0.5) is 0 Å². The van der Waals surface area contributed by atoms with Crippen LogP contribution in [0, 0.1) is 0 Å². The summed E-state index contributed by atoms with van der Waals surface area (Å²) in [6.07, 6.45) is 39.5. The smallest absolute Gasteiger partial charge is 0.744 e. The van der Waals surface area contributed by atoms with Crippen LogP contribution in [0.5, 0.6) is 0 Å². The van der Waals surface area contributed by atoms with Crippen molar-refractivity contribution in [2.24, 2.45) is 0 Å². The van der Waals surface area contributed by atoms with Gasteiger partial charge in [-0.05, 0) is 73.4 Å². The Hall–Kier alpha value is -1.74. The van der Waals surface area contributed by atoms with Gasteiger partial charge in [-0.1, -0.05) is 249 Å². The molecule has 9 nitrogen and oxygen atoms in total. The fourth-order valence-electron chi connectivity index (χ4n) is 8.27. The normalized spacial score (nSPS) is 11.6. The average Bonchev–Trinajstić information content (AvgIpc) is 3.28. The van der Waals surface area contributed by atoms with Gasteiger partial charge in [0.05, 0.1) is 14.7 Å². The molecule has 0 N–H and O–H groups in total. The molecule has 3 aromatic carbocycles. The molecule has 0 aliphatic heterocycles. The van der Waals surface area contributed by atoms with E-state index in [-0.39, 0.29) is 40.5 Å². The summed E-state index contributed by atoms with van der Waals surface area (Å²) >= 11 is 0. The fourth-order valence-corrected chi connectivity index (χ4v) is 10.5. The average molecular weight is 1020 g/mol. The summed E-state index contributed by atoms with van der Waals surface area (Å²) in [5, 5.41) is 0. The first-order chi connectivity index (χ1) is 31.7. The molecule has 0 saturated heterocycles. The molecule has 13 heteroatoms. The molecule has 0 atom stereocenters. The molecular weight excluding hydrogens is 934 g/mol. The van der Waals surface area contributed by atoms with Gasteiger partial charge in [-0.15, -0.1) is 0 Å². The summed E-state index contributed by atoms with van der Waals surface area (Å²) < 4.78 is 101. The Morgan fingerprint density at radius 3 is 0.627 bits per heavy atom. The van der Waals surface area contributed by atoms with Crippen molar-refractivity contribution in [3.05, 3.63) is 89.5 Å². The van der Waals surface area contributed by atoms with Crippen molar-refractivity contribution in [2.45, 2.75) is 247 Å². The Bertz CT molecular complexity index is 1760. The van der Waals surface area contributed by atoms with Crippen molar-refractivity contribution < 1.29 is 64.8 Å². The van der Waals surface area contributed by atoms with E-state index in [0.717, 1.165) is 38.5 Å². The van der Waals surface area contributed by atoms with Crippen molar-refractivity contribution in [1.82, 2.24) is 0 Å². The fraction of sp³-hybridized carbons (Fsp3) is 0.667. The molecule has 0 radical (unpaired) electrons. The second-order valence-corrected chi connectivity index (χ2v) is 22.0. The largest absolute Gasteiger partial charge is 3.00 e. The second-order valence-electron chi connectivity index (χ2n) is 18.0. The monoisotopic (exact) mass is 1020 g/mol. The molecule has 0 bridgehead atoms.